The molecule has 0 unspecified atom stereocenters. The zero-order valence-electron chi connectivity index (χ0n) is 10.5. The van der Waals surface area contributed by atoms with Crippen LogP contribution in [0.25, 0.3) is 0 Å². The highest BCUT2D eigenvalue weighted by Crippen LogP contribution is 2.20. The number of nitrogens with zero attached hydrogens (tertiary/aromatic N) is 1. The standard InChI is InChI=1S/C15H22N2/c1-2-3-4-5-6-9-14-11-10-13-8-7-12-16-15(13)17-14/h2,10-11H,1,3-9,12H2,(H,16,17). The number of pyridine rings is 1. The quantitative estimate of drug-likeness (QED) is 0.595. The first-order valence-electron chi connectivity index (χ1n) is 6.74. The first kappa shape index (κ1) is 12.2. The maximum absolute atomic E-state index is 4.70. The highest BCUT2D eigenvalue weighted by molar-refractivity contribution is 5.46. The maximum Gasteiger partial charge on any atom is 0.129 e. The molecule has 0 atom stereocenters. The summed E-state index contributed by atoms with van der Waals surface area (Å²) in [7, 11) is 0. The highest BCUT2D eigenvalue weighted by Gasteiger charge is 2.09. The predicted molar refractivity (Wildman–Crippen MR) is 73.4 cm³/mol. The van der Waals surface area contributed by atoms with E-state index in [1.165, 1.54) is 43.4 Å². The summed E-state index contributed by atoms with van der Waals surface area (Å²) in [6, 6.07) is 4.44. The van der Waals surface area contributed by atoms with Gasteiger partial charge in [-0.15, -0.1) is 6.58 Å². The van der Waals surface area contributed by atoms with Crippen molar-refractivity contribution in [1.82, 2.24) is 4.98 Å². The molecule has 2 heterocycles. The van der Waals surface area contributed by atoms with Crippen LogP contribution >= 0.6 is 0 Å². The van der Waals surface area contributed by atoms with E-state index in [4.69, 9.17) is 4.98 Å². The fourth-order valence-electron chi connectivity index (χ4n) is 2.28. The van der Waals surface area contributed by atoms with E-state index >= 15 is 0 Å². The molecule has 0 aromatic carbocycles. The molecule has 1 N–H and O–H groups in total. The molecule has 1 aliphatic heterocycles. The lowest BCUT2D eigenvalue weighted by atomic mass is 10.1. The second kappa shape index (κ2) is 6.43. The number of rotatable bonds is 6. The molecular formula is C15H22N2. The molecule has 2 rings (SSSR count). The van der Waals surface area contributed by atoms with E-state index in [0.717, 1.165) is 25.2 Å². The van der Waals surface area contributed by atoms with Gasteiger partial charge in [0.15, 0.2) is 0 Å². The average Bonchev–Trinajstić information content (AvgIpc) is 2.38. The van der Waals surface area contributed by atoms with Crippen LogP contribution in [0.15, 0.2) is 24.8 Å². The van der Waals surface area contributed by atoms with Gasteiger partial charge in [-0.05, 0) is 50.2 Å². The van der Waals surface area contributed by atoms with Crippen LogP contribution < -0.4 is 5.32 Å². The van der Waals surface area contributed by atoms with E-state index in [0.29, 0.717) is 0 Å². The summed E-state index contributed by atoms with van der Waals surface area (Å²) in [5.41, 5.74) is 2.61. The second-order valence-electron chi connectivity index (χ2n) is 4.73. The molecule has 0 bridgehead atoms. The molecule has 1 aliphatic rings. The van der Waals surface area contributed by atoms with Gasteiger partial charge in [-0.25, -0.2) is 4.98 Å². The number of aromatic nitrogens is 1. The van der Waals surface area contributed by atoms with Crippen molar-refractivity contribution in [1.29, 1.82) is 0 Å². The highest BCUT2D eigenvalue weighted by atomic mass is 15.0. The number of aryl methyl sites for hydroxylation is 2. The number of hydrogen-bond donors (Lipinski definition) is 1. The fraction of sp³-hybridized carbons (Fsp3) is 0.533. The van der Waals surface area contributed by atoms with Crippen molar-refractivity contribution < 1.29 is 0 Å². The molecule has 0 saturated heterocycles. The van der Waals surface area contributed by atoms with Crippen LogP contribution in [0, 0.1) is 0 Å². The van der Waals surface area contributed by atoms with Crippen molar-refractivity contribution >= 4 is 5.82 Å². The molecule has 1 aromatic rings. The minimum atomic E-state index is 1.07. The van der Waals surface area contributed by atoms with Crippen molar-refractivity contribution in [3.05, 3.63) is 36.0 Å². The Labute approximate surface area is 104 Å². The van der Waals surface area contributed by atoms with E-state index in [1.54, 1.807) is 0 Å². The van der Waals surface area contributed by atoms with Gasteiger partial charge in [-0.1, -0.05) is 18.6 Å². The molecule has 0 aliphatic carbocycles. The summed E-state index contributed by atoms with van der Waals surface area (Å²) in [5, 5.41) is 3.39. The minimum Gasteiger partial charge on any atom is -0.370 e. The van der Waals surface area contributed by atoms with Gasteiger partial charge in [0.05, 0.1) is 0 Å². The third-order valence-corrected chi connectivity index (χ3v) is 3.29. The number of fused-ring (bicyclic) bond motifs is 1. The first-order chi connectivity index (χ1) is 8.40. The monoisotopic (exact) mass is 230 g/mol. The summed E-state index contributed by atoms with van der Waals surface area (Å²) < 4.78 is 0. The van der Waals surface area contributed by atoms with Crippen molar-refractivity contribution in [3.8, 4) is 0 Å². The van der Waals surface area contributed by atoms with E-state index in [1.807, 2.05) is 6.08 Å². The Morgan fingerprint density at radius 1 is 1.29 bits per heavy atom. The second-order valence-corrected chi connectivity index (χ2v) is 4.73. The summed E-state index contributed by atoms with van der Waals surface area (Å²) in [6.45, 7) is 4.82. The van der Waals surface area contributed by atoms with Crippen LogP contribution in [0.1, 0.15) is 43.4 Å². The van der Waals surface area contributed by atoms with Crippen LogP contribution in [0.2, 0.25) is 0 Å². The van der Waals surface area contributed by atoms with Crippen LogP contribution in [0.5, 0.6) is 0 Å². The Morgan fingerprint density at radius 3 is 3.12 bits per heavy atom. The van der Waals surface area contributed by atoms with E-state index in [-0.39, 0.29) is 0 Å². The Kier molecular flexibility index (Phi) is 4.60. The van der Waals surface area contributed by atoms with Crippen molar-refractivity contribution in [2.24, 2.45) is 0 Å². The molecule has 17 heavy (non-hydrogen) atoms. The molecule has 0 spiro atoms. The van der Waals surface area contributed by atoms with E-state index < -0.39 is 0 Å². The van der Waals surface area contributed by atoms with Gasteiger partial charge in [0, 0.05) is 12.2 Å². The largest absolute Gasteiger partial charge is 0.370 e. The number of unbranched alkanes of at least 4 members (excludes halogenated alkanes) is 3. The summed E-state index contributed by atoms with van der Waals surface area (Å²) in [4.78, 5) is 4.70. The Bertz CT molecular complexity index is 371. The smallest absolute Gasteiger partial charge is 0.129 e. The van der Waals surface area contributed by atoms with Gasteiger partial charge in [0.1, 0.15) is 5.82 Å². The lowest BCUT2D eigenvalue weighted by molar-refractivity contribution is 0.678. The molecule has 0 saturated carbocycles. The number of hydrogen-bond acceptors (Lipinski definition) is 2. The Balaban J connectivity index is 1.82. The molecule has 1 aromatic heterocycles. The molecule has 92 valence electrons. The number of anilines is 1. The third kappa shape index (κ3) is 3.58. The van der Waals surface area contributed by atoms with E-state index in [2.05, 4.69) is 24.0 Å². The summed E-state index contributed by atoms with van der Waals surface area (Å²) in [6.07, 6.45) is 10.4. The van der Waals surface area contributed by atoms with Gasteiger partial charge in [0.2, 0.25) is 0 Å². The van der Waals surface area contributed by atoms with Crippen molar-refractivity contribution in [2.45, 2.75) is 44.9 Å². The van der Waals surface area contributed by atoms with Gasteiger partial charge in [0.25, 0.3) is 0 Å². The number of allylic oxidation sites excluding steroid dienone is 1. The Morgan fingerprint density at radius 2 is 2.24 bits per heavy atom. The topological polar surface area (TPSA) is 24.9 Å². The van der Waals surface area contributed by atoms with E-state index in [9.17, 15) is 0 Å². The lowest BCUT2D eigenvalue weighted by Crippen LogP contribution is -2.13. The molecule has 0 radical (unpaired) electrons. The maximum atomic E-state index is 4.70. The van der Waals surface area contributed by atoms with Crippen LogP contribution in [0.3, 0.4) is 0 Å². The molecule has 0 fully saturated rings. The van der Waals surface area contributed by atoms with Gasteiger partial charge < -0.3 is 5.32 Å². The number of nitrogens with one attached hydrogen (secondary N) is 1. The average molecular weight is 230 g/mol. The molecule has 0 amide bonds. The normalized spacial score (nSPS) is 13.9. The summed E-state index contributed by atoms with van der Waals surface area (Å²) in [5.74, 6) is 1.12. The van der Waals surface area contributed by atoms with Crippen LogP contribution in [-0.2, 0) is 12.8 Å². The van der Waals surface area contributed by atoms with Gasteiger partial charge >= 0.3 is 0 Å². The SMILES string of the molecule is C=CCCCCCc1ccc2c(n1)NCCC2. The van der Waals surface area contributed by atoms with Crippen LogP contribution in [-0.4, -0.2) is 11.5 Å². The molecular weight excluding hydrogens is 208 g/mol. The van der Waals surface area contributed by atoms with Gasteiger partial charge in [-0.2, -0.15) is 0 Å². The zero-order chi connectivity index (χ0) is 11.9. The zero-order valence-corrected chi connectivity index (χ0v) is 10.5. The van der Waals surface area contributed by atoms with Gasteiger partial charge in [-0.3, -0.25) is 0 Å². The fourth-order valence-corrected chi connectivity index (χ4v) is 2.28. The molecule has 2 heteroatoms. The first-order valence-corrected chi connectivity index (χ1v) is 6.74. The molecule has 2 nitrogen and oxygen atoms in total. The lowest BCUT2D eigenvalue weighted by Gasteiger charge is -2.17. The summed E-state index contributed by atoms with van der Waals surface area (Å²) >= 11 is 0. The third-order valence-electron chi connectivity index (χ3n) is 3.29. The predicted octanol–water partition coefficient (Wildman–Crippen LogP) is 3.73. The van der Waals surface area contributed by atoms with Crippen molar-refractivity contribution in [3.63, 3.8) is 0 Å². The van der Waals surface area contributed by atoms with Crippen molar-refractivity contribution in [2.75, 3.05) is 11.9 Å². The Hall–Kier alpha value is -1.31. The minimum absolute atomic E-state index is 1.07. The van der Waals surface area contributed by atoms with Crippen LogP contribution in [0.4, 0.5) is 5.82 Å².